The number of ketones is 1. The zero-order valence-electron chi connectivity index (χ0n) is 22.6. The number of rotatable bonds is 13. The van der Waals surface area contributed by atoms with Gasteiger partial charge in [0.25, 0.3) is 0 Å². The summed E-state index contributed by atoms with van der Waals surface area (Å²) in [6.07, 6.45) is 0.293. The number of hydrogen-bond donors (Lipinski definition) is 2. The van der Waals surface area contributed by atoms with Crippen molar-refractivity contribution >= 4 is 41.1 Å². The number of carbonyl (C=O) groups is 5. The Hall–Kier alpha value is -5.03. The number of amides is 2. The molecule has 2 N–H and O–H groups in total. The van der Waals surface area contributed by atoms with Crippen molar-refractivity contribution in [2.45, 2.75) is 20.8 Å². The number of hydrogen-bond acceptors (Lipinski definition) is 9. The number of carbonyl (C=O) groups excluding carboxylic acids is 5. The van der Waals surface area contributed by atoms with Crippen molar-refractivity contribution in [2.24, 2.45) is 0 Å². The third-order valence-corrected chi connectivity index (χ3v) is 5.47. The smallest absolute Gasteiger partial charge is 0.338 e. The largest absolute Gasteiger partial charge is 0.460 e. The standard InChI is InChI=1S/C30H30N2O9.CH4/c1-20(33)19-21-3-5-22(6-4-21)27(34)40-17-18-41-29(36)24-9-13-26(14-10-24)32-30(37)31-25-11-7-23(8-12-25)28(35)39-16-15-38-2;/h3-14H,15-19H2,1-2H3,(H2,31,32,37);1H4. The number of Topliss-reactive ketones (excluding diaryl/α,β-unsaturated/α-hetero) is 1. The maximum Gasteiger partial charge on any atom is 0.338 e. The lowest BCUT2D eigenvalue weighted by molar-refractivity contribution is -0.116. The van der Waals surface area contributed by atoms with E-state index in [9.17, 15) is 24.0 Å². The van der Waals surface area contributed by atoms with Crippen LogP contribution in [0.25, 0.3) is 0 Å². The third-order valence-electron chi connectivity index (χ3n) is 5.47. The first-order valence-electron chi connectivity index (χ1n) is 12.6. The van der Waals surface area contributed by atoms with Crippen LogP contribution in [0.5, 0.6) is 0 Å². The molecule has 0 unspecified atom stereocenters. The molecule has 0 aliphatic heterocycles. The van der Waals surface area contributed by atoms with Gasteiger partial charge in [-0.05, 0) is 73.2 Å². The van der Waals surface area contributed by atoms with E-state index in [1.165, 1.54) is 50.4 Å². The highest BCUT2D eigenvalue weighted by atomic mass is 16.6. The monoisotopic (exact) mass is 578 g/mol. The van der Waals surface area contributed by atoms with Gasteiger partial charge in [-0.2, -0.15) is 0 Å². The first kappa shape index (κ1) is 33.2. The molecule has 11 heteroatoms. The van der Waals surface area contributed by atoms with Crippen LogP contribution in [0.15, 0.2) is 72.8 Å². The van der Waals surface area contributed by atoms with E-state index < -0.39 is 23.9 Å². The van der Waals surface area contributed by atoms with Gasteiger partial charge in [-0.25, -0.2) is 19.2 Å². The van der Waals surface area contributed by atoms with Gasteiger partial charge in [0.1, 0.15) is 25.6 Å². The number of urea groups is 1. The zero-order chi connectivity index (χ0) is 29.6. The molecule has 3 aromatic carbocycles. The molecular formula is C31H34N2O9. The van der Waals surface area contributed by atoms with Gasteiger partial charge in [-0.1, -0.05) is 19.6 Å². The van der Waals surface area contributed by atoms with Crippen molar-refractivity contribution in [3.05, 3.63) is 95.1 Å². The van der Waals surface area contributed by atoms with Gasteiger partial charge in [0.2, 0.25) is 0 Å². The molecule has 0 saturated heterocycles. The Morgan fingerprint density at radius 1 is 0.571 bits per heavy atom. The Kier molecular flexibility index (Phi) is 13.4. The summed E-state index contributed by atoms with van der Waals surface area (Å²) in [5.74, 6) is -1.66. The van der Waals surface area contributed by atoms with Crippen molar-refractivity contribution in [2.75, 3.05) is 44.2 Å². The fourth-order valence-corrected chi connectivity index (χ4v) is 3.46. The minimum Gasteiger partial charge on any atom is -0.460 e. The summed E-state index contributed by atoms with van der Waals surface area (Å²) in [4.78, 5) is 59.8. The summed E-state index contributed by atoms with van der Waals surface area (Å²) >= 11 is 0. The van der Waals surface area contributed by atoms with E-state index in [0.29, 0.717) is 35.5 Å². The van der Waals surface area contributed by atoms with Gasteiger partial charge in [0.15, 0.2) is 0 Å². The fourth-order valence-electron chi connectivity index (χ4n) is 3.46. The summed E-state index contributed by atoms with van der Waals surface area (Å²) in [5.41, 5.74) is 2.60. The number of methoxy groups -OCH3 is 1. The van der Waals surface area contributed by atoms with Crippen molar-refractivity contribution < 1.29 is 42.9 Å². The topological polar surface area (TPSA) is 146 Å². The molecule has 2 amide bonds. The Balaban J connectivity index is 0.00000616. The lowest BCUT2D eigenvalue weighted by Gasteiger charge is -2.10. The molecule has 0 aliphatic carbocycles. The van der Waals surface area contributed by atoms with Crippen LogP contribution in [0, 0.1) is 0 Å². The van der Waals surface area contributed by atoms with E-state index in [2.05, 4.69) is 10.6 Å². The first-order chi connectivity index (χ1) is 19.7. The molecule has 222 valence electrons. The van der Waals surface area contributed by atoms with Gasteiger partial charge in [0.05, 0.1) is 23.3 Å². The van der Waals surface area contributed by atoms with E-state index in [4.69, 9.17) is 18.9 Å². The molecule has 0 aromatic heterocycles. The molecule has 0 fully saturated rings. The summed E-state index contributed by atoms with van der Waals surface area (Å²) in [7, 11) is 1.51. The van der Waals surface area contributed by atoms with Crippen LogP contribution in [0.1, 0.15) is 51.0 Å². The van der Waals surface area contributed by atoms with Gasteiger partial charge < -0.3 is 29.6 Å². The SMILES string of the molecule is C.COCCOC(=O)c1ccc(NC(=O)Nc2ccc(C(=O)OCCOC(=O)c3ccc(CC(C)=O)cc3)cc2)cc1. The summed E-state index contributed by atoms with van der Waals surface area (Å²) < 4.78 is 20.1. The quantitative estimate of drug-likeness (QED) is 0.164. The molecule has 0 atom stereocenters. The van der Waals surface area contributed by atoms with Gasteiger partial charge in [-0.3, -0.25) is 4.79 Å². The summed E-state index contributed by atoms with van der Waals surface area (Å²) in [6, 6.07) is 18.2. The highest BCUT2D eigenvalue weighted by Gasteiger charge is 2.12. The molecule has 3 aromatic rings. The summed E-state index contributed by atoms with van der Waals surface area (Å²) in [5, 5.41) is 5.28. The van der Waals surface area contributed by atoms with Crippen LogP contribution in [0.2, 0.25) is 0 Å². The maximum atomic E-state index is 12.3. The van der Waals surface area contributed by atoms with Crippen molar-refractivity contribution in [3.63, 3.8) is 0 Å². The number of anilines is 2. The van der Waals surface area contributed by atoms with Crippen LogP contribution in [-0.2, 0) is 30.2 Å². The van der Waals surface area contributed by atoms with E-state index in [1.807, 2.05) is 0 Å². The zero-order valence-corrected chi connectivity index (χ0v) is 22.6. The Labute approximate surface area is 244 Å². The molecule has 0 spiro atoms. The maximum absolute atomic E-state index is 12.3. The Morgan fingerprint density at radius 3 is 1.29 bits per heavy atom. The summed E-state index contributed by atoms with van der Waals surface area (Å²) in [6.45, 7) is 1.66. The van der Waals surface area contributed by atoms with Crippen LogP contribution in [0.4, 0.5) is 16.2 Å². The molecule has 42 heavy (non-hydrogen) atoms. The third kappa shape index (κ3) is 10.9. The minimum atomic E-state index is -0.619. The van der Waals surface area contributed by atoms with Crippen molar-refractivity contribution in [3.8, 4) is 0 Å². The lowest BCUT2D eigenvalue weighted by Crippen LogP contribution is -2.19. The molecule has 0 heterocycles. The lowest BCUT2D eigenvalue weighted by atomic mass is 10.1. The van der Waals surface area contributed by atoms with Crippen LogP contribution in [-0.4, -0.2) is 63.3 Å². The number of benzene rings is 3. The molecule has 0 saturated carbocycles. The van der Waals surface area contributed by atoms with E-state index in [0.717, 1.165) is 5.56 Å². The Bertz CT molecular complexity index is 1350. The second kappa shape index (κ2) is 16.9. The van der Waals surface area contributed by atoms with Gasteiger partial charge in [0, 0.05) is 24.9 Å². The van der Waals surface area contributed by atoms with Gasteiger partial charge >= 0.3 is 23.9 Å². The van der Waals surface area contributed by atoms with Crippen molar-refractivity contribution in [1.29, 1.82) is 0 Å². The molecule has 0 radical (unpaired) electrons. The predicted octanol–water partition coefficient (Wildman–Crippen LogP) is 4.92. The molecule has 0 bridgehead atoms. The van der Waals surface area contributed by atoms with Crippen LogP contribution < -0.4 is 10.6 Å². The average Bonchev–Trinajstić information content (AvgIpc) is 2.96. The predicted molar refractivity (Wildman–Crippen MR) is 156 cm³/mol. The normalized spacial score (nSPS) is 10.0. The number of nitrogens with one attached hydrogen (secondary N) is 2. The van der Waals surface area contributed by atoms with E-state index in [1.54, 1.807) is 36.4 Å². The molecule has 0 aliphatic rings. The molecular weight excluding hydrogens is 544 g/mol. The second-order valence-corrected chi connectivity index (χ2v) is 8.71. The minimum absolute atomic E-state index is 0. The first-order valence-corrected chi connectivity index (χ1v) is 12.6. The average molecular weight is 579 g/mol. The Morgan fingerprint density at radius 2 is 0.929 bits per heavy atom. The fraction of sp³-hybridized carbons (Fsp3) is 0.258. The number of ether oxygens (including phenoxy) is 4. The van der Waals surface area contributed by atoms with Gasteiger partial charge in [-0.15, -0.1) is 0 Å². The second-order valence-electron chi connectivity index (χ2n) is 8.71. The van der Waals surface area contributed by atoms with E-state index in [-0.39, 0.29) is 38.6 Å². The highest BCUT2D eigenvalue weighted by molar-refractivity contribution is 6.00. The van der Waals surface area contributed by atoms with Crippen LogP contribution in [0.3, 0.4) is 0 Å². The highest BCUT2D eigenvalue weighted by Crippen LogP contribution is 2.14. The number of esters is 3. The van der Waals surface area contributed by atoms with Crippen molar-refractivity contribution in [1.82, 2.24) is 0 Å². The van der Waals surface area contributed by atoms with E-state index >= 15 is 0 Å². The van der Waals surface area contributed by atoms with Crippen LogP contribution >= 0.6 is 0 Å². The molecule has 11 nitrogen and oxygen atoms in total. The molecule has 3 rings (SSSR count).